The molecule has 0 spiro atoms. The van der Waals surface area contributed by atoms with E-state index in [1.54, 1.807) is 41.8 Å². The van der Waals surface area contributed by atoms with E-state index >= 15 is 0 Å². The van der Waals surface area contributed by atoms with Gasteiger partial charge in [0.25, 0.3) is 5.96 Å². The number of hydrogen-bond acceptors (Lipinski definition) is 6. The lowest BCUT2D eigenvalue weighted by Crippen LogP contribution is -2.59. The summed E-state index contributed by atoms with van der Waals surface area (Å²) in [6, 6.07) is 13.3. The second kappa shape index (κ2) is 10.1. The van der Waals surface area contributed by atoms with E-state index in [1.165, 1.54) is 24.3 Å². The number of hydrogen-bond donors (Lipinski definition) is 4. The zero-order valence-corrected chi connectivity index (χ0v) is 15.7. The lowest BCUT2D eigenvalue weighted by atomic mass is 9.96. The minimum atomic E-state index is -1.84. The van der Waals surface area contributed by atoms with Gasteiger partial charge < -0.3 is 5.73 Å². The summed E-state index contributed by atoms with van der Waals surface area (Å²) in [5.41, 5.74) is 14.9. The maximum atomic E-state index is 13.2. The summed E-state index contributed by atoms with van der Waals surface area (Å²) in [6.07, 6.45) is 0. The predicted octanol–water partition coefficient (Wildman–Crippen LogP) is -0.760. The number of benzene rings is 2. The molecule has 0 atom stereocenters. The molecule has 0 heterocycles. The van der Waals surface area contributed by atoms with E-state index in [0.717, 1.165) is 0 Å². The van der Waals surface area contributed by atoms with Gasteiger partial charge in [0.05, 0.1) is 0 Å². The first kappa shape index (κ1) is 22.4. The lowest BCUT2D eigenvalue weighted by Gasteiger charge is -2.19. The van der Waals surface area contributed by atoms with E-state index < -0.39 is 39.6 Å². The number of carbonyl (C=O) groups excluding carboxylic acids is 2. The number of nitro groups is 2. The maximum Gasteiger partial charge on any atom is 0.429 e. The van der Waals surface area contributed by atoms with Crippen LogP contribution in [0.1, 0.15) is 20.7 Å². The molecule has 0 aliphatic rings. The summed E-state index contributed by atoms with van der Waals surface area (Å²) >= 11 is 0. The number of hydrazone groups is 2. The van der Waals surface area contributed by atoms with E-state index in [0.29, 0.717) is 4.68 Å². The summed E-state index contributed by atoms with van der Waals surface area (Å²) in [5, 5.41) is 22.1. The SMILES string of the molecule is NC(=N[N+](=O)[O-])N[N+](=C(N)N[N+](=O)[O-])C(C(=O)c1ccccc1)C(=O)c1ccccc1. The lowest BCUT2D eigenvalue weighted by molar-refractivity contribution is -0.602. The Bertz CT molecular complexity index is 1000. The number of carbonyl (C=O) groups is 2. The predicted molar refractivity (Wildman–Crippen MR) is 107 cm³/mol. The summed E-state index contributed by atoms with van der Waals surface area (Å²) in [5.74, 6) is -3.36. The highest BCUT2D eigenvalue weighted by Gasteiger charge is 2.38. The van der Waals surface area contributed by atoms with Gasteiger partial charge in [0.2, 0.25) is 22.6 Å². The number of hydrazine groups is 2. The van der Waals surface area contributed by atoms with E-state index in [2.05, 4.69) is 10.5 Å². The van der Waals surface area contributed by atoms with Gasteiger partial charge in [-0.2, -0.15) is 0 Å². The molecule has 2 aromatic carbocycles. The minimum absolute atomic E-state index is 0.0715. The Kier molecular flexibility index (Phi) is 7.27. The van der Waals surface area contributed by atoms with Crippen LogP contribution in [0.15, 0.2) is 65.8 Å². The van der Waals surface area contributed by atoms with Gasteiger partial charge in [0.15, 0.2) is 5.03 Å². The number of ketones is 2. The first-order valence-corrected chi connectivity index (χ1v) is 8.47. The first-order valence-electron chi connectivity index (χ1n) is 8.47. The van der Waals surface area contributed by atoms with E-state index in [9.17, 15) is 29.8 Å². The van der Waals surface area contributed by atoms with Crippen LogP contribution in [0.25, 0.3) is 0 Å². The number of Topliss-reactive ketones (excluding diaryl/α,β-unsaturated/α-hetero) is 2. The quantitative estimate of drug-likeness (QED) is 0.0783. The van der Waals surface area contributed by atoms with Crippen molar-refractivity contribution in [1.29, 1.82) is 0 Å². The third-order valence-electron chi connectivity index (χ3n) is 3.76. The smallest absolute Gasteiger partial charge is 0.362 e. The van der Waals surface area contributed by atoms with Crippen molar-refractivity contribution in [3.8, 4) is 0 Å². The molecule has 0 aliphatic heterocycles. The average Bonchev–Trinajstić information content (AvgIpc) is 2.73. The zero-order chi connectivity index (χ0) is 23.0. The van der Waals surface area contributed by atoms with E-state index in [4.69, 9.17) is 11.5 Å². The normalized spacial score (nSPS) is 12.0. The van der Waals surface area contributed by atoms with Crippen LogP contribution < -0.4 is 22.3 Å². The molecule has 160 valence electrons. The van der Waals surface area contributed by atoms with Crippen molar-refractivity contribution < 1.29 is 24.3 Å². The third kappa shape index (κ3) is 6.05. The second-order valence-corrected chi connectivity index (χ2v) is 5.82. The van der Waals surface area contributed by atoms with Crippen molar-refractivity contribution in [3.05, 3.63) is 92.0 Å². The van der Waals surface area contributed by atoms with Gasteiger partial charge in [-0.3, -0.25) is 15.3 Å². The van der Waals surface area contributed by atoms with Gasteiger partial charge in [0.1, 0.15) is 5.10 Å². The van der Waals surface area contributed by atoms with Crippen LogP contribution >= 0.6 is 0 Å². The highest BCUT2D eigenvalue weighted by atomic mass is 16.7. The summed E-state index contributed by atoms with van der Waals surface area (Å²) in [4.78, 5) is 47.9. The van der Waals surface area contributed by atoms with Crippen molar-refractivity contribution in [3.63, 3.8) is 0 Å². The second-order valence-electron chi connectivity index (χ2n) is 5.82. The van der Waals surface area contributed by atoms with Crippen LogP contribution in [-0.2, 0) is 0 Å². The van der Waals surface area contributed by atoms with Gasteiger partial charge in [-0.1, -0.05) is 60.7 Å². The molecule has 0 saturated carbocycles. The van der Waals surface area contributed by atoms with E-state index in [1.807, 2.05) is 0 Å². The number of nitrogens with one attached hydrogen (secondary N) is 2. The number of nitrogens with two attached hydrogens (primary N) is 2. The molecule has 2 rings (SSSR count). The summed E-state index contributed by atoms with van der Waals surface area (Å²) in [7, 11) is 0. The maximum absolute atomic E-state index is 13.2. The van der Waals surface area contributed by atoms with E-state index in [-0.39, 0.29) is 11.1 Å². The standard InChI is InChI=1S/C17H16N8O6/c18-16(21-24(28)29)20-23(17(19)22-25(30)31)13(14(26)11-7-3-1-4-8-11)15(27)12-9-5-2-6-10-12/h1-10,13H,(H5,18,19,20,21,22)/p+1. The molecule has 14 nitrogen and oxygen atoms in total. The van der Waals surface area contributed by atoms with Crippen LogP contribution in [-0.4, -0.2) is 44.3 Å². The van der Waals surface area contributed by atoms with Crippen molar-refractivity contribution in [1.82, 2.24) is 10.9 Å². The molecule has 2 aromatic rings. The molecule has 6 N–H and O–H groups in total. The summed E-state index contributed by atoms with van der Waals surface area (Å²) < 4.78 is 0.510. The Morgan fingerprint density at radius 3 is 1.68 bits per heavy atom. The zero-order valence-electron chi connectivity index (χ0n) is 15.7. The van der Waals surface area contributed by atoms with Crippen LogP contribution in [0.4, 0.5) is 0 Å². The van der Waals surface area contributed by atoms with Gasteiger partial charge in [-0.05, 0) is 0 Å². The molecule has 0 saturated heterocycles. The Hall–Kier alpha value is -4.88. The van der Waals surface area contributed by atoms with Crippen molar-refractivity contribution >= 4 is 23.5 Å². The van der Waals surface area contributed by atoms with Crippen LogP contribution in [0.5, 0.6) is 0 Å². The Morgan fingerprint density at radius 1 is 0.839 bits per heavy atom. The van der Waals surface area contributed by atoms with Crippen LogP contribution in [0.2, 0.25) is 0 Å². The fourth-order valence-corrected chi connectivity index (χ4v) is 2.52. The molecular weight excluding hydrogens is 412 g/mol. The molecule has 14 heteroatoms. The van der Waals surface area contributed by atoms with Gasteiger partial charge >= 0.3 is 5.96 Å². The van der Waals surface area contributed by atoms with Gasteiger partial charge in [-0.15, -0.1) is 4.68 Å². The van der Waals surface area contributed by atoms with Crippen LogP contribution in [0.3, 0.4) is 0 Å². The largest absolute Gasteiger partial charge is 0.429 e. The Labute approximate surface area is 174 Å². The number of rotatable bonds is 8. The highest BCUT2D eigenvalue weighted by Crippen LogP contribution is 2.12. The fraction of sp³-hybridized carbons (Fsp3) is 0.0588. The monoisotopic (exact) mass is 429 g/mol. The average molecular weight is 429 g/mol. The highest BCUT2D eigenvalue weighted by molar-refractivity contribution is 6.18. The van der Waals surface area contributed by atoms with Gasteiger partial charge in [0, 0.05) is 16.6 Å². The molecule has 0 fully saturated rings. The van der Waals surface area contributed by atoms with Crippen molar-refractivity contribution in [2.75, 3.05) is 0 Å². The molecular formula is C17H17N8O6+. The fourth-order valence-electron chi connectivity index (χ4n) is 2.52. The first-order chi connectivity index (χ1) is 14.7. The molecule has 0 aromatic heterocycles. The molecule has 0 radical (unpaired) electrons. The third-order valence-corrected chi connectivity index (χ3v) is 3.76. The number of nitrogens with zero attached hydrogens (tertiary/aromatic N) is 4. The van der Waals surface area contributed by atoms with Gasteiger partial charge in [-0.25, -0.2) is 25.7 Å². The topological polar surface area (TPSA) is 212 Å². The number of guanidine groups is 2. The van der Waals surface area contributed by atoms with Crippen LogP contribution in [0, 0.1) is 20.2 Å². The van der Waals surface area contributed by atoms with Crippen molar-refractivity contribution in [2.24, 2.45) is 16.6 Å². The summed E-state index contributed by atoms with van der Waals surface area (Å²) in [6.45, 7) is 0. The Balaban J connectivity index is 2.67. The minimum Gasteiger partial charge on any atom is -0.362 e. The van der Waals surface area contributed by atoms with Crippen molar-refractivity contribution in [2.45, 2.75) is 6.04 Å². The molecule has 0 amide bonds. The Morgan fingerprint density at radius 2 is 1.29 bits per heavy atom. The molecule has 0 aliphatic carbocycles. The molecule has 31 heavy (non-hydrogen) atoms. The molecule has 0 bridgehead atoms. The molecule has 0 unspecified atom stereocenters.